The Hall–Kier alpha value is -1.05. The molecule has 1 aromatic carbocycles. The van der Waals surface area contributed by atoms with Gasteiger partial charge < -0.3 is 9.47 Å². The molecule has 0 atom stereocenters. The van der Waals surface area contributed by atoms with E-state index >= 15 is 0 Å². The van der Waals surface area contributed by atoms with E-state index in [1.807, 2.05) is 23.5 Å². The summed E-state index contributed by atoms with van der Waals surface area (Å²) < 4.78 is 10.4. The Labute approximate surface area is 149 Å². The summed E-state index contributed by atoms with van der Waals surface area (Å²) in [6.07, 6.45) is 1.94. The summed E-state index contributed by atoms with van der Waals surface area (Å²) in [6.45, 7) is 2.09. The van der Waals surface area contributed by atoms with E-state index < -0.39 is 0 Å². The summed E-state index contributed by atoms with van der Waals surface area (Å²) >= 11 is 9.72. The molecule has 8 heteroatoms. The number of hydrazone groups is 1. The molecule has 0 radical (unpaired) electrons. The second-order valence-corrected chi connectivity index (χ2v) is 8.89. The van der Waals surface area contributed by atoms with Gasteiger partial charge in [-0.15, -0.1) is 23.5 Å². The van der Waals surface area contributed by atoms with Crippen LogP contribution in [0.25, 0.3) is 0 Å². The smallest absolute Gasteiger partial charge is 0.242 e. The zero-order valence-corrected chi connectivity index (χ0v) is 15.6. The molecule has 2 rings (SSSR count). The van der Waals surface area contributed by atoms with Crippen molar-refractivity contribution in [1.29, 1.82) is 0 Å². The Bertz CT molecular complexity index is 605. The predicted octanol–water partition coefficient (Wildman–Crippen LogP) is 3.39. The summed E-state index contributed by atoms with van der Waals surface area (Å²) in [6, 6.07) is 3.36. The van der Waals surface area contributed by atoms with Gasteiger partial charge in [0.25, 0.3) is 0 Å². The molecule has 0 aromatic heterocycles. The minimum Gasteiger partial charge on any atom is -0.496 e. The number of thioether (sulfide) groups is 2. The van der Waals surface area contributed by atoms with Gasteiger partial charge in [-0.3, -0.25) is 4.79 Å². The highest BCUT2D eigenvalue weighted by Crippen LogP contribution is 2.45. The van der Waals surface area contributed by atoms with Gasteiger partial charge in [-0.2, -0.15) is 5.10 Å². The molecule has 5 nitrogen and oxygen atoms in total. The zero-order chi connectivity index (χ0) is 16.9. The molecule has 1 aromatic rings. The van der Waals surface area contributed by atoms with Crippen molar-refractivity contribution in [3.63, 3.8) is 0 Å². The lowest BCUT2D eigenvalue weighted by molar-refractivity contribution is -0.121. The van der Waals surface area contributed by atoms with Gasteiger partial charge in [0, 0.05) is 23.1 Å². The molecule has 23 heavy (non-hydrogen) atoms. The van der Waals surface area contributed by atoms with Crippen LogP contribution in [0.1, 0.15) is 18.9 Å². The van der Waals surface area contributed by atoms with Gasteiger partial charge in [-0.05, 0) is 13.0 Å². The van der Waals surface area contributed by atoms with Crippen molar-refractivity contribution in [3.05, 3.63) is 22.7 Å². The maximum absolute atomic E-state index is 12.0. The van der Waals surface area contributed by atoms with Gasteiger partial charge in [-0.25, -0.2) is 5.43 Å². The normalized spacial score (nSPS) is 16.5. The van der Waals surface area contributed by atoms with Gasteiger partial charge in [0.15, 0.2) is 0 Å². The van der Waals surface area contributed by atoms with E-state index in [0.29, 0.717) is 28.5 Å². The SMILES string of the molecule is COc1cc(OC)c(/C=N\NC(=O)CC2(C)SCCS2)cc1Cl. The number of carbonyl (C=O) groups excluding carboxylic acids is 1. The highest BCUT2D eigenvalue weighted by Gasteiger charge is 2.32. The number of amides is 1. The molecule has 1 heterocycles. The maximum atomic E-state index is 12.0. The highest BCUT2D eigenvalue weighted by atomic mass is 35.5. The number of ether oxygens (including phenoxy) is 2. The Morgan fingerprint density at radius 2 is 2.00 bits per heavy atom. The van der Waals surface area contributed by atoms with Crippen molar-refractivity contribution < 1.29 is 14.3 Å². The van der Waals surface area contributed by atoms with Gasteiger partial charge in [0.05, 0.1) is 36.0 Å². The van der Waals surface area contributed by atoms with E-state index in [9.17, 15) is 4.79 Å². The largest absolute Gasteiger partial charge is 0.496 e. The minimum atomic E-state index is -0.107. The van der Waals surface area contributed by atoms with Gasteiger partial charge in [0.1, 0.15) is 11.5 Å². The van der Waals surface area contributed by atoms with Crippen molar-refractivity contribution in [1.82, 2.24) is 5.43 Å². The van der Waals surface area contributed by atoms with E-state index in [1.54, 1.807) is 19.2 Å². The van der Waals surface area contributed by atoms with Crippen LogP contribution in [0, 0.1) is 0 Å². The molecule has 0 spiro atoms. The van der Waals surface area contributed by atoms with Crippen LogP contribution in [0.2, 0.25) is 5.02 Å². The topological polar surface area (TPSA) is 59.9 Å². The predicted molar refractivity (Wildman–Crippen MR) is 98.2 cm³/mol. The fraction of sp³-hybridized carbons (Fsp3) is 0.467. The van der Waals surface area contributed by atoms with E-state index in [1.165, 1.54) is 13.3 Å². The molecule has 0 unspecified atom stereocenters. The van der Waals surface area contributed by atoms with Crippen molar-refractivity contribution in [2.75, 3.05) is 25.7 Å². The quantitative estimate of drug-likeness (QED) is 0.611. The van der Waals surface area contributed by atoms with Gasteiger partial charge in [-0.1, -0.05) is 11.6 Å². The Morgan fingerprint density at radius 1 is 1.35 bits per heavy atom. The van der Waals surface area contributed by atoms with E-state index in [-0.39, 0.29) is 9.99 Å². The lowest BCUT2D eigenvalue weighted by atomic mass is 10.2. The van der Waals surface area contributed by atoms with Crippen molar-refractivity contribution in [2.24, 2.45) is 5.10 Å². The molecule has 0 aliphatic carbocycles. The first-order valence-electron chi connectivity index (χ1n) is 6.99. The Morgan fingerprint density at radius 3 is 2.61 bits per heavy atom. The Kier molecular flexibility index (Phi) is 6.50. The molecule has 0 bridgehead atoms. The molecule has 0 saturated carbocycles. The molecule has 1 N–H and O–H groups in total. The monoisotopic (exact) mass is 374 g/mol. The van der Waals surface area contributed by atoms with Crippen LogP contribution in [0.3, 0.4) is 0 Å². The van der Waals surface area contributed by atoms with Crippen LogP contribution in [-0.4, -0.2) is 41.9 Å². The summed E-state index contributed by atoms with van der Waals surface area (Å²) in [5, 5.41) is 4.45. The fourth-order valence-corrected chi connectivity index (χ4v) is 5.23. The number of hydrogen-bond acceptors (Lipinski definition) is 6. The minimum absolute atomic E-state index is 0.0548. The lowest BCUT2D eigenvalue weighted by Crippen LogP contribution is -2.26. The van der Waals surface area contributed by atoms with Crippen molar-refractivity contribution in [2.45, 2.75) is 17.4 Å². The molecule has 1 fully saturated rings. The number of carbonyl (C=O) groups is 1. The number of methoxy groups -OCH3 is 2. The van der Waals surface area contributed by atoms with Crippen LogP contribution < -0.4 is 14.9 Å². The van der Waals surface area contributed by atoms with E-state index in [2.05, 4.69) is 17.5 Å². The first-order chi connectivity index (χ1) is 11.0. The average Bonchev–Trinajstić information content (AvgIpc) is 2.93. The molecular weight excluding hydrogens is 356 g/mol. The summed E-state index contributed by atoms with van der Waals surface area (Å²) in [5.74, 6) is 3.15. The number of halogens is 1. The average molecular weight is 375 g/mol. The van der Waals surface area contributed by atoms with Crippen LogP contribution in [0.4, 0.5) is 0 Å². The Balaban J connectivity index is 1.99. The third-order valence-electron chi connectivity index (χ3n) is 3.28. The summed E-state index contributed by atoms with van der Waals surface area (Å²) in [7, 11) is 3.09. The van der Waals surface area contributed by atoms with Gasteiger partial charge >= 0.3 is 0 Å². The maximum Gasteiger partial charge on any atom is 0.242 e. The van der Waals surface area contributed by atoms with Crippen LogP contribution >= 0.6 is 35.1 Å². The second-order valence-electron chi connectivity index (χ2n) is 5.03. The van der Waals surface area contributed by atoms with Crippen LogP contribution in [-0.2, 0) is 4.79 Å². The summed E-state index contributed by atoms with van der Waals surface area (Å²) in [4.78, 5) is 12.0. The van der Waals surface area contributed by atoms with E-state index in [0.717, 1.165) is 11.5 Å². The van der Waals surface area contributed by atoms with E-state index in [4.69, 9.17) is 21.1 Å². The van der Waals surface area contributed by atoms with Crippen molar-refractivity contribution >= 4 is 47.2 Å². The number of nitrogens with one attached hydrogen (secondary N) is 1. The molecular formula is C15H19ClN2O3S2. The number of rotatable bonds is 6. The highest BCUT2D eigenvalue weighted by molar-refractivity contribution is 8.21. The number of hydrogen-bond donors (Lipinski definition) is 1. The van der Waals surface area contributed by atoms with Crippen LogP contribution in [0.5, 0.6) is 11.5 Å². The third kappa shape index (κ3) is 4.96. The molecule has 1 aliphatic rings. The third-order valence-corrected chi connectivity index (χ3v) is 6.86. The molecule has 1 aliphatic heterocycles. The number of benzene rings is 1. The molecule has 1 amide bonds. The molecule has 1 saturated heterocycles. The second kappa shape index (κ2) is 8.17. The number of nitrogens with zero attached hydrogens (tertiary/aromatic N) is 1. The molecule has 126 valence electrons. The zero-order valence-electron chi connectivity index (χ0n) is 13.2. The first-order valence-corrected chi connectivity index (χ1v) is 9.33. The van der Waals surface area contributed by atoms with Crippen LogP contribution in [0.15, 0.2) is 17.2 Å². The first kappa shape index (κ1) is 18.3. The standard InChI is InChI=1S/C15H19ClN2O3S2/c1-15(22-4-5-23-15)8-14(19)18-17-9-10-6-11(16)13(21-3)7-12(10)20-2/h6-7,9H,4-5,8H2,1-3H3,(H,18,19)/b17-9-. The summed E-state index contributed by atoms with van der Waals surface area (Å²) in [5.41, 5.74) is 3.22. The lowest BCUT2D eigenvalue weighted by Gasteiger charge is -2.19. The fourth-order valence-electron chi connectivity index (χ4n) is 2.15. The van der Waals surface area contributed by atoms with Crippen molar-refractivity contribution in [3.8, 4) is 11.5 Å². The van der Waals surface area contributed by atoms with Gasteiger partial charge in [0.2, 0.25) is 5.91 Å².